The van der Waals surface area contributed by atoms with Crippen molar-refractivity contribution in [3.63, 3.8) is 0 Å². The van der Waals surface area contributed by atoms with Crippen molar-refractivity contribution in [1.29, 1.82) is 0 Å². The van der Waals surface area contributed by atoms with E-state index >= 15 is 0 Å². The molecule has 1 saturated heterocycles. The maximum absolute atomic E-state index is 12.9. The number of nitrogens with one attached hydrogen (secondary N) is 1. The van der Waals surface area contributed by atoms with E-state index in [0.717, 1.165) is 6.42 Å². The summed E-state index contributed by atoms with van der Waals surface area (Å²) in [5.74, 6) is 0.954. The summed E-state index contributed by atoms with van der Waals surface area (Å²) in [7, 11) is 0.794. The number of fused-ring (bicyclic) bond motifs is 1. The van der Waals surface area contributed by atoms with Gasteiger partial charge in [0.1, 0.15) is 16.4 Å². The average Bonchev–Trinajstić information content (AvgIpc) is 3.01. The summed E-state index contributed by atoms with van der Waals surface area (Å²) in [6.45, 7) is 1.12. The van der Waals surface area contributed by atoms with Crippen LogP contribution in [-0.4, -0.2) is 55.1 Å². The second-order valence-electron chi connectivity index (χ2n) is 6.07. The van der Waals surface area contributed by atoms with Gasteiger partial charge in [-0.15, -0.1) is 0 Å². The summed E-state index contributed by atoms with van der Waals surface area (Å²) in [5.41, 5.74) is 0. The molecule has 7 nitrogen and oxygen atoms in total. The fourth-order valence-electron chi connectivity index (χ4n) is 3.63. The molecule has 134 valence electrons. The molecule has 8 heteroatoms. The van der Waals surface area contributed by atoms with Gasteiger partial charge in [-0.25, -0.2) is 13.1 Å². The van der Waals surface area contributed by atoms with Crippen molar-refractivity contribution in [3.05, 3.63) is 18.2 Å². The van der Waals surface area contributed by atoms with Gasteiger partial charge in [-0.2, -0.15) is 0 Å². The molecule has 1 aromatic carbocycles. The third-order valence-corrected chi connectivity index (χ3v) is 6.32. The number of hydrogen-bond acceptors (Lipinski definition) is 6. The van der Waals surface area contributed by atoms with Crippen molar-refractivity contribution in [2.45, 2.75) is 23.5 Å². The lowest BCUT2D eigenvalue weighted by Gasteiger charge is -2.47. The number of rotatable bonds is 7. The van der Waals surface area contributed by atoms with E-state index in [1.54, 1.807) is 19.2 Å². The summed E-state index contributed by atoms with van der Waals surface area (Å²) >= 11 is 0. The van der Waals surface area contributed by atoms with Crippen LogP contribution in [0.2, 0.25) is 0 Å². The molecule has 0 unspecified atom stereocenters. The van der Waals surface area contributed by atoms with Crippen LogP contribution in [-0.2, 0) is 19.5 Å². The van der Waals surface area contributed by atoms with Crippen LogP contribution >= 0.6 is 0 Å². The summed E-state index contributed by atoms with van der Waals surface area (Å²) in [4.78, 5) is 0.0721. The Kier molecular flexibility index (Phi) is 5.00. The standard InChI is InChI=1S/C16H23NO6S/c1-20-9-12-15(11-6-7-23-16(11)12)17-24(18,19)14-8-10(21-2)4-5-13(14)22-3/h4-5,8,11-12,15-17H,6-7,9H2,1-3H3/t11-,12-,15-,16-/m1/s1. The van der Waals surface area contributed by atoms with Crippen molar-refractivity contribution in [2.75, 3.05) is 34.5 Å². The number of ether oxygens (including phenoxy) is 4. The zero-order valence-electron chi connectivity index (χ0n) is 14.0. The van der Waals surface area contributed by atoms with E-state index in [9.17, 15) is 8.42 Å². The molecule has 2 aliphatic rings. The second-order valence-corrected chi connectivity index (χ2v) is 7.75. The van der Waals surface area contributed by atoms with Gasteiger partial charge >= 0.3 is 0 Å². The predicted octanol–water partition coefficient (Wildman–Crippen LogP) is 1.03. The monoisotopic (exact) mass is 357 g/mol. The average molecular weight is 357 g/mol. The van der Waals surface area contributed by atoms with Crippen molar-refractivity contribution in [1.82, 2.24) is 4.72 Å². The van der Waals surface area contributed by atoms with Gasteiger partial charge in [-0.05, 0) is 18.6 Å². The Labute approximate surface area is 142 Å². The van der Waals surface area contributed by atoms with E-state index in [1.807, 2.05) is 0 Å². The molecule has 0 spiro atoms. The van der Waals surface area contributed by atoms with Crippen molar-refractivity contribution < 1.29 is 27.4 Å². The summed E-state index contributed by atoms with van der Waals surface area (Å²) in [6.07, 6.45) is 0.928. The first-order valence-electron chi connectivity index (χ1n) is 7.86. The second kappa shape index (κ2) is 6.87. The van der Waals surface area contributed by atoms with Crippen LogP contribution in [0.25, 0.3) is 0 Å². The number of hydrogen-bond donors (Lipinski definition) is 1. The first-order valence-corrected chi connectivity index (χ1v) is 9.35. The Balaban J connectivity index is 1.86. The van der Waals surface area contributed by atoms with Gasteiger partial charge in [0.05, 0.1) is 26.9 Å². The fourth-order valence-corrected chi connectivity index (χ4v) is 5.15. The number of sulfonamides is 1. The highest BCUT2D eigenvalue weighted by Crippen LogP contribution is 2.44. The van der Waals surface area contributed by atoms with Crippen molar-refractivity contribution >= 4 is 10.0 Å². The van der Waals surface area contributed by atoms with E-state index < -0.39 is 10.0 Å². The minimum Gasteiger partial charge on any atom is -0.497 e. The Morgan fingerprint density at radius 1 is 1.25 bits per heavy atom. The minimum atomic E-state index is -3.75. The highest BCUT2D eigenvalue weighted by molar-refractivity contribution is 7.89. The molecule has 0 bridgehead atoms. The van der Waals surface area contributed by atoms with E-state index in [-0.39, 0.29) is 34.6 Å². The third-order valence-electron chi connectivity index (χ3n) is 4.84. The number of benzene rings is 1. The van der Waals surface area contributed by atoms with Gasteiger partial charge in [0, 0.05) is 37.7 Å². The molecule has 1 aliphatic carbocycles. The van der Waals surface area contributed by atoms with Crippen LogP contribution in [0.15, 0.2) is 23.1 Å². The zero-order valence-corrected chi connectivity index (χ0v) is 14.8. The van der Waals surface area contributed by atoms with Gasteiger partial charge in [0.15, 0.2) is 0 Å². The van der Waals surface area contributed by atoms with Gasteiger partial charge < -0.3 is 18.9 Å². The quantitative estimate of drug-likeness (QED) is 0.785. The first kappa shape index (κ1) is 17.5. The molecule has 24 heavy (non-hydrogen) atoms. The molecule has 4 atom stereocenters. The third kappa shape index (κ3) is 2.99. The first-order chi connectivity index (χ1) is 11.5. The predicted molar refractivity (Wildman–Crippen MR) is 86.9 cm³/mol. The molecule has 0 radical (unpaired) electrons. The molecule has 3 rings (SSSR count). The topological polar surface area (TPSA) is 83.1 Å². The van der Waals surface area contributed by atoms with Crippen molar-refractivity contribution in [3.8, 4) is 11.5 Å². The summed E-state index contributed by atoms with van der Waals surface area (Å²) in [6, 6.07) is 4.52. The molecule has 1 aromatic rings. The normalized spacial score (nSPS) is 29.0. The molecule has 1 heterocycles. The van der Waals surface area contributed by atoms with Crippen LogP contribution < -0.4 is 14.2 Å². The van der Waals surface area contributed by atoms with Gasteiger partial charge in [-0.1, -0.05) is 0 Å². The molecule has 1 aliphatic heterocycles. The summed E-state index contributed by atoms with van der Waals surface area (Å²) in [5, 5.41) is 0. The molecular formula is C16H23NO6S. The number of methoxy groups -OCH3 is 3. The molecular weight excluding hydrogens is 334 g/mol. The summed E-state index contributed by atoms with van der Waals surface area (Å²) < 4.78 is 49.9. The lowest BCUT2D eigenvalue weighted by Crippen LogP contribution is -2.62. The molecule has 1 saturated carbocycles. The molecule has 2 fully saturated rings. The largest absolute Gasteiger partial charge is 0.497 e. The maximum Gasteiger partial charge on any atom is 0.244 e. The van der Waals surface area contributed by atoms with Gasteiger partial charge in [0.25, 0.3) is 0 Å². The van der Waals surface area contributed by atoms with E-state index in [4.69, 9.17) is 18.9 Å². The Morgan fingerprint density at radius 2 is 2.04 bits per heavy atom. The fraction of sp³-hybridized carbons (Fsp3) is 0.625. The minimum absolute atomic E-state index is 0.0221. The van der Waals surface area contributed by atoms with Crippen LogP contribution in [0.3, 0.4) is 0 Å². The lowest BCUT2D eigenvalue weighted by atomic mass is 9.68. The maximum atomic E-state index is 12.9. The van der Waals surface area contributed by atoms with Gasteiger partial charge in [-0.3, -0.25) is 0 Å². The molecule has 0 amide bonds. The smallest absolute Gasteiger partial charge is 0.244 e. The van der Waals surface area contributed by atoms with E-state index in [1.165, 1.54) is 20.3 Å². The van der Waals surface area contributed by atoms with Crippen LogP contribution in [0.1, 0.15) is 6.42 Å². The van der Waals surface area contributed by atoms with Crippen molar-refractivity contribution in [2.24, 2.45) is 11.8 Å². The van der Waals surface area contributed by atoms with Crippen LogP contribution in [0.5, 0.6) is 11.5 Å². The van der Waals surface area contributed by atoms with E-state index in [0.29, 0.717) is 19.0 Å². The van der Waals surface area contributed by atoms with Crippen LogP contribution in [0, 0.1) is 11.8 Å². The van der Waals surface area contributed by atoms with Gasteiger partial charge in [0.2, 0.25) is 10.0 Å². The molecule has 1 N–H and O–H groups in total. The molecule has 0 aromatic heterocycles. The Bertz CT molecular complexity index is 692. The highest BCUT2D eigenvalue weighted by atomic mass is 32.2. The Morgan fingerprint density at radius 3 is 2.71 bits per heavy atom. The van der Waals surface area contributed by atoms with E-state index in [2.05, 4.69) is 4.72 Å². The SMILES string of the molecule is COC[C@@H]1[C@H](NS(=O)(=O)c2cc(OC)ccc2OC)[C@H]2CCO[C@H]21. The van der Waals surface area contributed by atoms with Crippen LogP contribution in [0.4, 0.5) is 0 Å². The lowest BCUT2D eigenvalue weighted by molar-refractivity contribution is -0.0775. The Hall–Kier alpha value is -1.35. The highest BCUT2D eigenvalue weighted by Gasteiger charge is 2.55. The zero-order chi connectivity index (χ0) is 17.3.